The Morgan fingerprint density at radius 2 is 2.00 bits per heavy atom. The summed E-state index contributed by atoms with van der Waals surface area (Å²) in [6.45, 7) is 4.00. The molecule has 0 saturated heterocycles. The van der Waals surface area contributed by atoms with Gasteiger partial charge in [0.15, 0.2) is 5.69 Å². The second-order valence-corrected chi connectivity index (χ2v) is 4.02. The molecule has 0 aliphatic heterocycles. The largest absolute Gasteiger partial charge is 0.497 e. The van der Waals surface area contributed by atoms with Gasteiger partial charge in [-0.25, -0.2) is 9.78 Å². The third-order valence-corrected chi connectivity index (χ3v) is 2.91. The van der Waals surface area contributed by atoms with Gasteiger partial charge in [-0.1, -0.05) is 13.8 Å². The van der Waals surface area contributed by atoms with Gasteiger partial charge in [0.2, 0.25) is 0 Å². The standard InChI is InChI=1S/C11H10N2O3S.C2H6/c1-15-7-3-8(10-5-12-6-17-10)13-9(4-7)11(14)16-2;1-2/h3-6H,1-2H3;1-2H3. The third kappa shape index (κ3) is 3.75. The van der Waals surface area contributed by atoms with E-state index in [0.717, 1.165) is 4.88 Å². The molecule has 0 N–H and O–H groups in total. The summed E-state index contributed by atoms with van der Waals surface area (Å²) < 4.78 is 9.76. The average Bonchev–Trinajstić information content (AvgIpc) is 3.02. The minimum absolute atomic E-state index is 0.218. The van der Waals surface area contributed by atoms with E-state index >= 15 is 0 Å². The van der Waals surface area contributed by atoms with Crippen molar-refractivity contribution in [1.29, 1.82) is 0 Å². The van der Waals surface area contributed by atoms with E-state index in [4.69, 9.17) is 4.74 Å². The van der Waals surface area contributed by atoms with Gasteiger partial charge in [-0.05, 0) is 0 Å². The number of hydrogen-bond donors (Lipinski definition) is 0. The molecule has 2 heterocycles. The molecule has 0 spiro atoms. The number of pyridine rings is 1. The second-order valence-electron chi connectivity index (χ2n) is 3.13. The summed E-state index contributed by atoms with van der Waals surface area (Å²) in [5.74, 6) is 0.0680. The lowest BCUT2D eigenvalue weighted by molar-refractivity contribution is 0.0593. The molecule has 0 aliphatic rings. The first-order valence-electron chi connectivity index (χ1n) is 5.78. The third-order valence-electron chi connectivity index (χ3n) is 2.11. The molecule has 19 heavy (non-hydrogen) atoms. The lowest BCUT2D eigenvalue weighted by atomic mass is 10.2. The normalized spacial score (nSPS) is 9.26. The topological polar surface area (TPSA) is 61.3 Å². The first-order valence-corrected chi connectivity index (χ1v) is 6.66. The molecular weight excluding hydrogens is 264 g/mol. The number of hydrogen-bond acceptors (Lipinski definition) is 6. The first kappa shape index (κ1) is 15.1. The summed E-state index contributed by atoms with van der Waals surface area (Å²) in [6, 6.07) is 3.29. The second kappa shape index (κ2) is 7.48. The molecule has 0 saturated carbocycles. The van der Waals surface area contributed by atoms with E-state index < -0.39 is 5.97 Å². The van der Waals surface area contributed by atoms with Crippen LogP contribution in [0.15, 0.2) is 23.8 Å². The molecule has 0 aromatic carbocycles. The van der Waals surface area contributed by atoms with E-state index in [2.05, 4.69) is 14.7 Å². The highest BCUT2D eigenvalue weighted by Gasteiger charge is 2.12. The molecule has 5 nitrogen and oxygen atoms in total. The van der Waals surface area contributed by atoms with Gasteiger partial charge in [-0.15, -0.1) is 11.3 Å². The van der Waals surface area contributed by atoms with E-state index in [0.29, 0.717) is 11.4 Å². The fourth-order valence-corrected chi connectivity index (χ4v) is 1.88. The lowest BCUT2D eigenvalue weighted by Gasteiger charge is -2.05. The summed E-state index contributed by atoms with van der Waals surface area (Å²) in [6.07, 6.45) is 1.69. The number of carbonyl (C=O) groups excluding carboxylic acids is 1. The molecule has 2 aromatic heterocycles. The first-order chi connectivity index (χ1) is 9.24. The van der Waals surface area contributed by atoms with Crippen LogP contribution in [-0.4, -0.2) is 30.2 Å². The highest BCUT2D eigenvalue weighted by Crippen LogP contribution is 2.25. The van der Waals surface area contributed by atoms with Crippen molar-refractivity contribution in [2.24, 2.45) is 0 Å². The molecule has 0 bridgehead atoms. The predicted octanol–water partition coefficient (Wildman–Crippen LogP) is 3.03. The van der Waals surface area contributed by atoms with Crippen molar-refractivity contribution in [2.45, 2.75) is 13.8 Å². The van der Waals surface area contributed by atoms with Crippen molar-refractivity contribution >= 4 is 17.3 Å². The van der Waals surface area contributed by atoms with Crippen LogP contribution >= 0.6 is 11.3 Å². The van der Waals surface area contributed by atoms with Crippen LogP contribution in [0.5, 0.6) is 5.75 Å². The molecule has 0 atom stereocenters. The Hall–Kier alpha value is -1.95. The van der Waals surface area contributed by atoms with E-state index in [1.807, 2.05) is 13.8 Å². The van der Waals surface area contributed by atoms with Gasteiger partial charge in [-0.2, -0.15) is 0 Å². The van der Waals surface area contributed by atoms with Gasteiger partial charge in [-0.3, -0.25) is 4.98 Å². The van der Waals surface area contributed by atoms with Crippen molar-refractivity contribution in [3.8, 4) is 16.3 Å². The molecular formula is C13H16N2O3S. The van der Waals surface area contributed by atoms with Crippen molar-refractivity contribution in [3.63, 3.8) is 0 Å². The minimum Gasteiger partial charge on any atom is -0.497 e. The van der Waals surface area contributed by atoms with E-state index in [1.54, 1.807) is 17.8 Å². The Bertz CT molecular complexity index is 527. The van der Waals surface area contributed by atoms with Crippen molar-refractivity contribution in [1.82, 2.24) is 9.97 Å². The number of esters is 1. The van der Waals surface area contributed by atoms with Gasteiger partial charge in [0.25, 0.3) is 0 Å². The molecule has 0 unspecified atom stereocenters. The maximum Gasteiger partial charge on any atom is 0.356 e. The fourth-order valence-electron chi connectivity index (χ4n) is 1.30. The van der Waals surface area contributed by atoms with Crippen LogP contribution in [0.3, 0.4) is 0 Å². The molecule has 0 fully saturated rings. The van der Waals surface area contributed by atoms with Crippen LogP contribution in [0.2, 0.25) is 0 Å². The highest BCUT2D eigenvalue weighted by atomic mass is 32.1. The van der Waals surface area contributed by atoms with E-state index in [-0.39, 0.29) is 5.69 Å². The molecule has 102 valence electrons. The number of ether oxygens (including phenoxy) is 2. The monoisotopic (exact) mass is 280 g/mol. The minimum atomic E-state index is -0.491. The SMILES string of the molecule is CC.COC(=O)c1cc(OC)cc(-c2cncs2)n1. The number of carbonyl (C=O) groups is 1. The smallest absolute Gasteiger partial charge is 0.356 e. The fraction of sp³-hybridized carbons (Fsp3) is 0.308. The Balaban J connectivity index is 0.000000861. The van der Waals surface area contributed by atoms with Crippen LogP contribution in [0.1, 0.15) is 24.3 Å². The van der Waals surface area contributed by atoms with Crippen LogP contribution in [0.25, 0.3) is 10.6 Å². The zero-order valence-corrected chi connectivity index (χ0v) is 12.2. The zero-order chi connectivity index (χ0) is 14.3. The molecule has 2 aromatic rings. The lowest BCUT2D eigenvalue weighted by Crippen LogP contribution is -2.05. The van der Waals surface area contributed by atoms with Crippen LogP contribution in [-0.2, 0) is 4.74 Å². The molecule has 0 amide bonds. The number of nitrogens with zero attached hydrogens (tertiary/aromatic N) is 2. The van der Waals surface area contributed by atoms with E-state index in [9.17, 15) is 4.79 Å². The van der Waals surface area contributed by atoms with Crippen molar-refractivity contribution in [2.75, 3.05) is 14.2 Å². The Morgan fingerprint density at radius 3 is 2.53 bits per heavy atom. The summed E-state index contributed by atoms with van der Waals surface area (Å²) in [5.41, 5.74) is 2.57. The molecule has 0 aliphatic carbocycles. The quantitative estimate of drug-likeness (QED) is 0.809. The maximum absolute atomic E-state index is 11.5. The van der Waals surface area contributed by atoms with Gasteiger partial charge in [0.1, 0.15) is 5.75 Å². The number of thiazole rings is 1. The number of methoxy groups -OCH3 is 2. The Labute approximate surface area is 116 Å². The van der Waals surface area contributed by atoms with Crippen molar-refractivity contribution < 1.29 is 14.3 Å². The van der Waals surface area contributed by atoms with Crippen LogP contribution in [0, 0.1) is 0 Å². The molecule has 0 radical (unpaired) electrons. The average molecular weight is 280 g/mol. The van der Waals surface area contributed by atoms with Gasteiger partial charge < -0.3 is 9.47 Å². The van der Waals surface area contributed by atoms with E-state index in [1.165, 1.54) is 31.6 Å². The van der Waals surface area contributed by atoms with Gasteiger partial charge in [0, 0.05) is 18.3 Å². The van der Waals surface area contributed by atoms with Crippen LogP contribution in [0.4, 0.5) is 0 Å². The summed E-state index contributed by atoms with van der Waals surface area (Å²) in [4.78, 5) is 20.5. The molecule has 6 heteroatoms. The Morgan fingerprint density at radius 1 is 1.26 bits per heavy atom. The summed E-state index contributed by atoms with van der Waals surface area (Å²) in [7, 11) is 2.85. The summed E-state index contributed by atoms with van der Waals surface area (Å²) in [5, 5.41) is 0. The summed E-state index contributed by atoms with van der Waals surface area (Å²) >= 11 is 1.44. The van der Waals surface area contributed by atoms with Gasteiger partial charge in [0.05, 0.1) is 30.3 Å². The number of rotatable bonds is 3. The zero-order valence-electron chi connectivity index (χ0n) is 11.3. The molecule has 2 rings (SSSR count). The maximum atomic E-state index is 11.5. The van der Waals surface area contributed by atoms with Gasteiger partial charge >= 0.3 is 5.97 Å². The predicted molar refractivity (Wildman–Crippen MR) is 74.6 cm³/mol. The Kier molecular flexibility index (Phi) is 5.95. The van der Waals surface area contributed by atoms with Crippen molar-refractivity contribution in [3.05, 3.63) is 29.5 Å². The number of aromatic nitrogens is 2. The highest BCUT2D eigenvalue weighted by molar-refractivity contribution is 7.13. The van der Waals surface area contributed by atoms with Crippen LogP contribution < -0.4 is 4.74 Å².